The monoisotopic (exact) mass is 816 g/mol. The molecule has 0 aliphatic rings. The van der Waals surface area contributed by atoms with Crippen LogP contribution in [0, 0.1) is 27.7 Å². The Hall–Kier alpha value is -7.94. The lowest BCUT2D eigenvalue weighted by Crippen LogP contribution is -1.98. The molecule has 2 heterocycles. The standard InChI is InChI=1S/C62H44N2/c1-37-39(3)63(51-27-25-43-15-7-11-19-47(43)31-51)59-35-57-55(33-53(37)59)61(49-23-21-41-13-5-9-17-45(41)29-49)58-36-60-54(34-56(58)62(57)50-24-22-42-14-6-10-18-46(42)30-50)38(2)40(4)64(60)52-28-26-44-16-8-12-20-48(44)32-52/h5-36H,1-4H3. The Morgan fingerprint density at radius 2 is 0.578 bits per heavy atom. The van der Waals surface area contributed by atoms with E-state index in [2.05, 4.69) is 231 Å². The molecule has 0 fully saturated rings. The maximum absolute atomic E-state index is 2.52. The molecule has 2 heteroatoms. The Morgan fingerprint density at radius 1 is 0.266 bits per heavy atom. The zero-order valence-electron chi connectivity index (χ0n) is 36.4. The van der Waals surface area contributed by atoms with Crippen molar-refractivity contribution in [2.45, 2.75) is 27.7 Å². The van der Waals surface area contributed by atoms with E-state index in [1.165, 1.54) is 143 Å². The number of nitrogens with zero attached hydrogens (tertiary/aromatic N) is 2. The van der Waals surface area contributed by atoms with Gasteiger partial charge >= 0.3 is 0 Å². The molecule has 64 heavy (non-hydrogen) atoms. The van der Waals surface area contributed by atoms with E-state index in [1.807, 2.05) is 0 Å². The van der Waals surface area contributed by atoms with Crippen molar-refractivity contribution in [3.05, 3.63) is 217 Å². The van der Waals surface area contributed by atoms with E-state index >= 15 is 0 Å². The number of fused-ring (bicyclic) bond motifs is 8. The van der Waals surface area contributed by atoms with E-state index in [-0.39, 0.29) is 0 Å². The highest BCUT2D eigenvalue weighted by atomic mass is 15.0. The first kappa shape index (κ1) is 36.7. The molecule has 2 aromatic heterocycles. The lowest BCUT2D eigenvalue weighted by Gasteiger charge is -2.20. The Kier molecular flexibility index (Phi) is 7.90. The molecule has 2 nitrogen and oxygen atoms in total. The molecule has 0 aliphatic carbocycles. The average molecular weight is 817 g/mol. The van der Waals surface area contributed by atoms with Gasteiger partial charge in [0, 0.05) is 33.5 Å². The van der Waals surface area contributed by atoms with Crippen LogP contribution in [0.2, 0.25) is 0 Å². The molecule has 11 aromatic carbocycles. The zero-order chi connectivity index (χ0) is 42.8. The summed E-state index contributed by atoms with van der Waals surface area (Å²) < 4.78 is 4.97. The van der Waals surface area contributed by atoms with Gasteiger partial charge in [-0.1, -0.05) is 133 Å². The normalized spacial score (nSPS) is 12.1. The van der Waals surface area contributed by atoms with Crippen LogP contribution in [0.4, 0.5) is 0 Å². The number of aryl methyl sites for hydroxylation is 2. The number of benzene rings is 11. The lowest BCUT2D eigenvalue weighted by atomic mass is 9.84. The first-order valence-electron chi connectivity index (χ1n) is 22.4. The van der Waals surface area contributed by atoms with Crippen LogP contribution < -0.4 is 0 Å². The zero-order valence-corrected chi connectivity index (χ0v) is 36.4. The van der Waals surface area contributed by atoms with E-state index < -0.39 is 0 Å². The predicted octanol–water partition coefficient (Wildman–Crippen LogP) is 17.1. The highest BCUT2D eigenvalue weighted by molar-refractivity contribution is 6.26. The summed E-state index contributed by atoms with van der Waals surface area (Å²) in [5.74, 6) is 0. The molecule has 0 saturated carbocycles. The van der Waals surface area contributed by atoms with Gasteiger partial charge < -0.3 is 9.13 Å². The fourth-order valence-electron chi connectivity index (χ4n) is 11.0. The van der Waals surface area contributed by atoms with Crippen LogP contribution in [0.25, 0.3) is 120 Å². The second-order valence-corrected chi connectivity index (χ2v) is 17.9. The van der Waals surface area contributed by atoms with Crippen LogP contribution in [-0.4, -0.2) is 9.13 Å². The van der Waals surface area contributed by atoms with Crippen LogP contribution in [0.15, 0.2) is 194 Å². The lowest BCUT2D eigenvalue weighted by molar-refractivity contribution is 1.04. The molecular formula is C62H44N2. The molecule has 0 atom stereocenters. The molecule has 302 valence electrons. The molecule has 0 amide bonds. The van der Waals surface area contributed by atoms with Crippen molar-refractivity contribution in [2.24, 2.45) is 0 Å². The second kappa shape index (κ2) is 13.8. The van der Waals surface area contributed by atoms with Crippen LogP contribution >= 0.6 is 0 Å². The second-order valence-electron chi connectivity index (χ2n) is 17.9. The van der Waals surface area contributed by atoms with E-state index in [1.54, 1.807) is 0 Å². The van der Waals surface area contributed by atoms with Crippen molar-refractivity contribution in [1.82, 2.24) is 9.13 Å². The van der Waals surface area contributed by atoms with Gasteiger partial charge in [-0.25, -0.2) is 0 Å². The molecule has 0 unspecified atom stereocenters. The van der Waals surface area contributed by atoms with Gasteiger partial charge in [0.15, 0.2) is 0 Å². The summed E-state index contributed by atoms with van der Waals surface area (Å²) in [4.78, 5) is 0. The summed E-state index contributed by atoms with van der Waals surface area (Å²) in [6, 6.07) is 72.8. The van der Waals surface area contributed by atoms with Crippen molar-refractivity contribution < 1.29 is 0 Å². The maximum Gasteiger partial charge on any atom is 0.0540 e. The molecule has 0 aliphatic heterocycles. The SMILES string of the molecule is Cc1c(C)n(-c2ccc3ccccc3c2)c2cc3c(-c4ccc5ccccc5c4)c4cc5c(C)c(C)n(-c6ccc7ccccc7c6)c5cc4c(-c4ccc5ccccc5c4)c3cc12. The van der Waals surface area contributed by atoms with Crippen molar-refractivity contribution in [1.29, 1.82) is 0 Å². The van der Waals surface area contributed by atoms with Gasteiger partial charge in [0.1, 0.15) is 0 Å². The molecule has 13 rings (SSSR count). The molecule has 0 saturated heterocycles. The first-order chi connectivity index (χ1) is 31.4. The molecule has 0 N–H and O–H groups in total. The maximum atomic E-state index is 2.52. The topological polar surface area (TPSA) is 9.86 Å². The number of hydrogen-bond donors (Lipinski definition) is 0. The largest absolute Gasteiger partial charge is 0.314 e. The Morgan fingerprint density at radius 3 is 0.953 bits per heavy atom. The first-order valence-corrected chi connectivity index (χ1v) is 22.4. The van der Waals surface area contributed by atoms with Gasteiger partial charge in [-0.05, 0) is 186 Å². The third-order valence-electron chi connectivity index (χ3n) is 14.5. The highest BCUT2D eigenvalue weighted by Gasteiger charge is 2.24. The summed E-state index contributed by atoms with van der Waals surface area (Å²) in [5.41, 5.74) is 14.9. The summed E-state index contributed by atoms with van der Waals surface area (Å²) >= 11 is 0. The highest BCUT2D eigenvalue weighted by Crippen LogP contribution is 2.49. The van der Waals surface area contributed by atoms with E-state index in [9.17, 15) is 0 Å². The third-order valence-corrected chi connectivity index (χ3v) is 14.5. The fraction of sp³-hybridized carbons (Fsp3) is 0.0645. The van der Waals surface area contributed by atoms with E-state index in [0.29, 0.717) is 0 Å². The quantitative estimate of drug-likeness (QED) is 0.157. The van der Waals surface area contributed by atoms with Crippen molar-refractivity contribution in [2.75, 3.05) is 0 Å². The van der Waals surface area contributed by atoms with E-state index in [0.717, 1.165) is 0 Å². The van der Waals surface area contributed by atoms with Gasteiger partial charge in [-0.2, -0.15) is 0 Å². The Balaban J connectivity index is 1.22. The van der Waals surface area contributed by atoms with Crippen molar-refractivity contribution in [3.63, 3.8) is 0 Å². The molecule has 0 radical (unpaired) electrons. The summed E-state index contributed by atoms with van der Waals surface area (Å²) in [7, 11) is 0. The molecular weight excluding hydrogens is 773 g/mol. The van der Waals surface area contributed by atoms with Crippen molar-refractivity contribution >= 4 is 86.4 Å². The predicted molar refractivity (Wildman–Crippen MR) is 275 cm³/mol. The molecule has 0 bridgehead atoms. The minimum Gasteiger partial charge on any atom is -0.314 e. The van der Waals surface area contributed by atoms with Crippen molar-refractivity contribution in [3.8, 4) is 33.6 Å². The summed E-state index contributed by atoms with van der Waals surface area (Å²) in [5, 5.41) is 17.5. The van der Waals surface area contributed by atoms with Gasteiger partial charge in [-0.3, -0.25) is 0 Å². The van der Waals surface area contributed by atoms with Gasteiger partial charge in [0.25, 0.3) is 0 Å². The minimum absolute atomic E-state index is 1.18. The Labute approximate surface area is 371 Å². The summed E-state index contributed by atoms with van der Waals surface area (Å²) in [6.07, 6.45) is 0. The molecule has 0 spiro atoms. The molecule has 13 aromatic rings. The fourth-order valence-corrected chi connectivity index (χ4v) is 11.0. The van der Waals surface area contributed by atoms with Crippen LogP contribution in [0.3, 0.4) is 0 Å². The van der Waals surface area contributed by atoms with Gasteiger partial charge in [0.2, 0.25) is 0 Å². The number of aromatic nitrogens is 2. The van der Waals surface area contributed by atoms with Crippen LogP contribution in [0.1, 0.15) is 22.5 Å². The Bertz CT molecular complexity index is 3850. The van der Waals surface area contributed by atoms with Crippen LogP contribution in [-0.2, 0) is 0 Å². The number of hydrogen-bond acceptors (Lipinski definition) is 0. The van der Waals surface area contributed by atoms with Gasteiger partial charge in [-0.15, -0.1) is 0 Å². The number of rotatable bonds is 4. The summed E-state index contributed by atoms with van der Waals surface area (Å²) in [6.45, 7) is 9.16. The average Bonchev–Trinajstić information content (AvgIpc) is 3.73. The van der Waals surface area contributed by atoms with Crippen LogP contribution in [0.5, 0.6) is 0 Å². The van der Waals surface area contributed by atoms with Gasteiger partial charge in [0.05, 0.1) is 11.0 Å². The minimum atomic E-state index is 1.18. The van der Waals surface area contributed by atoms with E-state index in [4.69, 9.17) is 0 Å². The smallest absolute Gasteiger partial charge is 0.0540 e. The third kappa shape index (κ3) is 5.39.